The van der Waals surface area contributed by atoms with Crippen molar-refractivity contribution in [2.75, 3.05) is 26.1 Å². The molecule has 4 aliphatic rings. The Bertz CT molecular complexity index is 1040. The maximum atomic E-state index is 17.2. The Morgan fingerprint density at radius 1 is 1.23 bits per heavy atom. The van der Waals surface area contributed by atoms with E-state index in [1.807, 2.05) is 0 Å². The minimum atomic E-state index is -3.72. The molecule has 11 heteroatoms. The molecule has 35 heavy (non-hydrogen) atoms. The number of fused-ring (bicyclic) bond motifs is 5. The molecular formula is C24H35FO9S. The molecule has 0 heterocycles. The topological polar surface area (TPSA) is 147 Å². The van der Waals surface area contributed by atoms with Gasteiger partial charge in [0.1, 0.15) is 12.3 Å². The van der Waals surface area contributed by atoms with E-state index in [1.165, 1.54) is 6.08 Å². The van der Waals surface area contributed by atoms with Gasteiger partial charge in [0.25, 0.3) is 10.1 Å². The Labute approximate surface area is 204 Å². The van der Waals surface area contributed by atoms with Crippen molar-refractivity contribution in [2.24, 2.45) is 22.7 Å². The van der Waals surface area contributed by atoms with Crippen LogP contribution in [0.5, 0.6) is 0 Å². The van der Waals surface area contributed by atoms with Gasteiger partial charge in [-0.25, -0.2) is 4.39 Å². The van der Waals surface area contributed by atoms with Crippen LogP contribution in [0.4, 0.5) is 4.39 Å². The van der Waals surface area contributed by atoms with Gasteiger partial charge in [-0.1, -0.05) is 19.4 Å². The summed E-state index contributed by atoms with van der Waals surface area (Å²) in [6.07, 6.45) is 0.854. The van der Waals surface area contributed by atoms with Crippen LogP contribution >= 0.6 is 0 Å². The summed E-state index contributed by atoms with van der Waals surface area (Å²) in [4.78, 5) is 25.0. The summed E-state index contributed by atoms with van der Waals surface area (Å²) in [7, 11) is -3.72. The number of alkyl halides is 1. The predicted molar refractivity (Wildman–Crippen MR) is 121 cm³/mol. The van der Waals surface area contributed by atoms with E-state index in [0.29, 0.717) is 18.4 Å². The van der Waals surface area contributed by atoms with Crippen LogP contribution in [-0.4, -0.2) is 84.9 Å². The second kappa shape index (κ2) is 8.66. The van der Waals surface area contributed by atoms with Crippen molar-refractivity contribution in [3.05, 3.63) is 11.6 Å². The van der Waals surface area contributed by atoms with Crippen LogP contribution in [0, 0.1) is 22.7 Å². The first-order chi connectivity index (χ1) is 16.1. The van der Waals surface area contributed by atoms with Gasteiger partial charge in [0.2, 0.25) is 0 Å². The highest BCUT2D eigenvalue weighted by molar-refractivity contribution is 7.85. The molecule has 0 aliphatic heterocycles. The molecule has 0 radical (unpaired) electrons. The molecule has 0 amide bonds. The summed E-state index contributed by atoms with van der Waals surface area (Å²) in [5, 5.41) is 32.8. The molecule has 3 N–H and O–H groups in total. The van der Waals surface area contributed by atoms with Crippen molar-refractivity contribution in [1.82, 2.24) is 0 Å². The first kappa shape index (κ1) is 26.8. The highest BCUT2D eigenvalue weighted by atomic mass is 32.2. The van der Waals surface area contributed by atoms with Gasteiger partial charge in [0.05, 0.1) is 31.7 Å². The molecule has 3 fully saturated rings. The summed E-state index contributed by atoms with van der Waals surface area (Å²) in [5.41, 5.74) is -5.93. The van der Waals surface area contributed by atoms with Crippen molar-refractivity contribution in [2.45, 2.75) is 75.9 Å². The molecule has 8 atom stereocenters. The summed E-state index contributed by atoms with van der Waals surface area (Å²) in [5.74, 6) is -2.22. The minimum absolute atomic E-state index is 0.0526. The largest absolute Gasteiger partial charge is 0.390 e. The van der Waals surface area contributed by atoms with E-state index in [0.717, 1.165) is 6.26 Å². The Balaban J connectivity index is 1.70. The molecule has 0 aromatic rings. The average molecular weight is 519 g/mol. The van der Waals surface area contributed by atoms with Crippen LogP contribution in [0.2, 0.25) is 0 Å². The van der Waals surface area contributed by atoms with E-state index in [1.54, 1.807) is 13.8 Å². The van der Waals surface area contributed by atoms with E-state index in [9.17, 15) is 33.3 Å². The second-order valence-corrected chi connectivity index (χ2v) is 12.7. The number of Topliss-reactive ketones (excluding diaryl/α,β-unsaturated/α-hetero) is 1. The smallest absolute Gasteiger partial charge is 0.264 e. The number of hydrogen-bond donors (Lipinski definition) is 3. The van der Waals surface area contributed by atoms with Crippen LogP contribution in [-0.2, 0) is 28.6 Å². The van der Waals surface area contributed by atoms with E-state index in [-0.39, 0.29) is 44.7 Å². The lowest BCUT2D eigenvalue weighted by Gasteiger charge is -2.63. The Morgan fingerprint density at radius 2 is 1.91 bits per heavy atom. The van der Waals surface area contributed by atoms with Gasteiger partial charge in [-0.15, -0.1) is 0 Å². The van der Waals surface area contributed by atoms with Gasteiger partial charge >= 0.3 is 0 Å². The number of ketones is 2. The number of allylic oxidation sites excluding steroid dienone is 1. The monoisotopic (exact) mass is 518 g/mol. The van der Waals surface area contributed by atoms with Crippen LogP contribution in [0.3, 0.4) is 0 Å². The number of hydrogen-bond acceptors (Lipinski definition) is 9. The third-order valence-electron chi connectivity index (χ3n) is 9.50. The van der Waals surface area contributed by atoms with Gasteiger partial charge in [0, 0.05) is 23.2 Å². The highest BCUT2D eigenvalue weighted by Crippen LogP contribution is 2.70. The molecule has 0 aromatic heterocycles. The summed E-state index contributed by atoms with van der Waals surface area (Å²) in [6, 6.07) is 0. The Kier molecular flexibility index (Phi) is 6.64. The molecule has 3 saturated carbocycles. The SMILES string of the molecule is C[C@]12CCC(=O)C=C1CC[C@H]1[C@@H]3CC(OCCOS(C)(=O)=O)[C@](O)(C(=O)CO)[C@@]3(C)CC(O)[C@@]12F. The van der Waals surface area contributed by atoms with Gasteiger partial charge in [-0.3, -0.25) is 13.8 Å². The summed E-state index contributed by atoms with van der Waals surface area (Å²) < 4.78 is 50.2. The molecule has 4 rings (SSSR count). The molecule has 0 bridgehead atoms. The zero-order valence-electron chi connectivity index (χ0n) is 20.3. The molecule has 4 aliphatic carbocycles. The lowest BCUT2D eigenvalue weighted by molar-refractivity contribution is -0.232. The fourth-order valence-electron chi connectivity index (χ4n) is 7.74. The first-order valence-electron chi connectivity index (χ1n) is 12.1. The third-order valence-corrected chi connectivity index (χ3v) is 10.1. The molecule has 2 unspecified atom stereocenters. The van der Waals surface area contributed by atoms with Crippen molar-refractivity contribution in [1.29, 1.82) is 0 Å². The maximum absolute atomic E-state index is 17.2. The van der Waals surface area contributed by atoms with Crippen LogP contribution in [0.15, 0.2) is 11.6 Å². The van der Waals surface area contributed by atoms with Gasteiger partial charge < -0.3 is 20.1 Å². The van der Waals surface area contributed by atoms with E-state index in [4.69, 9.17) is 4.74 Å². The number of halogens is 1. The minimum Gasteiger partial charge on any atom is -0.390 e. The number of aliphatic hydroxyl groups excluding tert-OH is 2. The predicted octanol–water partition coefficient (Wildman–Crippen LogP) is 0.845. The van der Waals surface area contributed by atoms with Crippen molar-refractivity contribution < 1.29 is 46.6 Å². The first-order valence-corrected chi connectivity index (χ1v) is 13.9. The lowest BCUT2D eigenvalue weighted by Crippen LogP contribution is -2.70. The fourth-order valence-corrected chi connectivity index (χ4v) is 8.12. The number of carbonyl (C=O) groups excluding carboxylic acids is 2. The molecule has 0 spiro atoms. The standard InChI is InChI=1S/C24H35FO9S/c1-21-7-6-15(27)10-14(21)4-5-16-17-11-20(33-8-9-34-35(3,31)32)24(30,19(29)13-26)22(17,2)12-18(28)23(16,21)25/h10,16-18,20,26,28,30H,4-9,11-13H2,1-3H3/t16-,17-,18?,20?,21-,22-,23-,24+/m0/s1. The zero-order chi connectivity index (χ0) is 26.0. The van der Waals surface area contributed by atoms with E-state index in [2.05, 4.69) is 4.18 Å². The molecular weight excluding hydrogens is 483 g/mol. The zero-order valence-corrected chi connectivity index (χ0v) is 21.1. The van der Waals surface area contributed by atoms with Crippen molar-refractivity contribution in [3.63, 3.8) is 0 Å². The van der Waals surface area contributed by atoms with E-state index >= 15 is 4.39 Å². The lowest BCUT2D eigenvalue weighted by atomic mass is 9.44. The number of rotatable bonds is 7. The molecule has 0 saturated heterocycles. The summed E-state index contributed by atoms with van der Waals surface area (Å²) in [6.45, 7) is 1.83. The van der Waals surface area contributed by atoms with Crippen LogP contribution < -0.4 is 0 Å². The van der Waals surface area contributed by atoms with Crippen LogP contribution in [0.1, 0.15) is 52.4 Å². The maximum Gasteiger partial charge on any atom is 0.264 e. The number of carbonyl (C=O) groups is 2. The van der Waals surface area contributed by atoms with Crippen molar-refractivity contribution in [3.8, 4) is 0 Å². The normalized spacial score (nSPS) is 45.3. The Hall–Kier alpha value is -1.24. The van der Waals surface area contributed by atoms with Gasteiger partial charge in [0.15, 0.2) is 17.2 Å². The second-order valence-electron chi connectivity index (χ2n) is 11.1. The number of ether oxygens (including phenoxy) is 1. The van der Waals surface area contributed by atoms with Crippen LogP contribution in [0.25, 0.3) is 0 Å². The van der Waals surface area contributed by atoms with Gasteiger partial charge in [-0.2, -0.15) is 8.42 Å². The fraction of sp³-hybridized carbons (Fsp3) is 0.833. The molecule has 9 nitrogen and oxygen atoms in total. The highest BCUT2D eigenvalue weighted by Gasteiger charge is 2.76. The van der Waals surface area contributed by atoms with Gasteiger partial charge in [-0.05, 0) is 44.1 Å². The molecule has 0 aromatic carbocycles. The third kappa shape index (κ3) is 3.76. The molecule has 198 valence electrons. The Morgan fingerprint density at radius 3 is 2.54 bits per heavy atom. The number of aliphatic hydroxyl groups is 3. The van der Waals surface area contributed by atoms with Crippen molar-refractivity contribution >= 4 is 21.7 Å². The summed E-state index contributed by atoms with van der Waals surface area (Å²) >= 11 is 0. The average Bonchev–Trinajstić information content (AvgIpc) is 2.99. The van der Waals surface area contributed by atoms with E-state index < -0.39 is 68.7 Å². The quantitative estimate of drug-likeness (QED) is 0.329.